The molecule has 0 aliphatic heterocycles. The van der Waals surface area contributed by atoms with Gasteiger partial charge in [-0.2, -0.15) is 0 Å². The smallest absolute Gasteiger partial charge is 0.313 e. The van der Waals surface area contributed by atoms with Gasteiger partial charge in [-0.3, -0.25) is 4.79 Å². The molecule has 0 amide bonds. The fourth-order valence-corrected chi connectivity index (χ4v) is 3.28. The van der Waals surface area contributed by atoms with E-state index >= 15 is 0 Å². The molecule has 0 aliphatic carbocycles. The van der Waals surface area contributed by atoms with Gasteiger partial charge in [0.05, 0.1) is 20.4 Å². The van der Waals surface area contributed by atoms with Crippen LogP contribution in [0.4, 0.5) is 4.39 Å². The number of benzene rings is 1. The summed E-state index contributed by atoms with van der Waals surface area (Å²) in [5.74, 6) is -1.20. The van der Waals surface area contributed by atoms with Gasteiger partial charge in [-0.05, 0) is 35.1 Å². The zero-order valence-electron chi connectivity index (χ0n) is 11.6. The van der Waals surface area contributed by atoms with E-state index in [-0.39, 0.29) is 11.6 Å². The van der Waals surface area contributed by atoms with E-state index in [1.807, 2.05) is 27.2 Å². The largest absolute Gasteiger partial charge is 0.481 e. The summed E-state index contributed by atoms with van der Waals surface area (Å²) >= 11 is 3.11. The van der Waals surface area contributed by atoms with Crippen molar-refractivity contribution in [1.29, 1.82) is 0 Å². The highest BCUT2D eigenvalue weighted by Gasteiger charge is 2.14. The Balaban J connectivity index is 2.39. The third kappa shape index (κ3) is 4.09. The molecule has 1 aromatic heterocycles. The lowest BCUT2D eigenvalue weighted by Gasteiger charge is -2.08. The summed E-state index contributed by atoms with van der Waals surface area (Å²) in [5.41, 5.74) is 1.45. The summed E-state index contributed by atoms with van der Waals surface area (Å²) in [6, 6.07) is 3.19. The Bertz CT molecular complexity index is 660. The standard InChI is InChI=1S/C14H16FIN2O2S/c1-2-3-4-5-18-12-6-9(15)10(16)7-11(12)17-14(18)21-8-13(19)20/h6-7H,2-5,8H2,1H3,(H,19,20). The van der Waals surface area contributed by atoms with E-state index in [4.69, 9.17) is 5.11 Å². The van der Waals surface area contributed by atoms with E-state index in [9.17, 15) is 9.18 Å². The highest BCUT2D eigenvalue weighted by atomic mass is 127. The van der Waals surface area contributed by atoms with Crippen molar-refractivity contribution in [3.8, 4) is 0 Å². The average molecular weight is 422 g/mol. The Morgan fingerprint density at radius 1 is 1.48 bits per heavy atom. The van der Waals surface area contributed by atoms with Crippen molar-refractivity contribution in [2.45, 2.75) is 37.9 Å². The minimum Gasteiger partial charge on any atom is -0.481 e. The number of thioether (sulfide) groups is 1. The summed E-state index contributed by atoms with van der Waals surface area (Å²) in [5, 5.41) is 9.47. The fraction of sp³-hybridized carbons (Fsp3) is 0.429. The van der Waals surface area contributed by atoms with Gasteiger partial charge in [0.1, 0.15) is 5.82 Å². The monoisotopic (exact) mass is 422 g/mol. The van der Waals surface area contributed by atoms with Gasteiger partial charge in [0.25, 0.3) is 0 Å². The molecule has 0 aliphatic rings. The first-order valence-electron chi connectivity index (χ1n) is 6.72. The summed E-state index contributed by atoms with van der Waals surface area (Å²) < 4.78 is 16.2. The average Bonchev–Trinajstić information content (AvgIpc) is 2.75. The number of aryl methyl sites for hydroxylation is 1. The summed E-state index contributed by atoms with van der Waals surface area (Å²) in [4.78, 5) is 15.2. The Hall–Kier alpha value is -0.830. The molecule has 4 nitrogen and oxygen atoms in total. The Kier molecular flexibility index (Phi) is 5.86. The summed E-state index contributed by atoms with van der Waals surface area (Å²) in [6.07, 6.45) is 3.14. The molecule has 1 N–H and O–H groups in total. The van der Waals surface area contributed by atoms with Crippen LogP contribution in [0.1, 0.15) is 26.2 Å². The highest BCUT2D eigenvalue weighted by molar-refractivity contribution is 14.1. The maximum absolute atomic E-state index is 13.8. The second kappa shape index (κ2) is 7.44. The first-order chi connectivity index (χ1) is 10.0. The molecule has 0 spiro atoms. The van der Waals surface area contributed by atoms with Crippen molar-refractivity contribution in [2.75, 3.05) is 5.75 Å². The molecule has 1 heterocycles. The van der Waals surface area contributed by atoms with Crippen molar-refractivity contribution in [1.82, 2.24) is 9.55 Å². The van der Waals surface area contributed by atoms with Gasteiger partial charge in [0, 0.05) is 12.6 Å². The third-order valence-corrected chi connectivity index (χ3v) is 4.85. The van der Waals surface area contributed by atoms with Crippen LogP contribution in [-0.4, -0.2) is 26.4 Å². The number of carboxylic acid groups (broad SMARTS) is 1. The van der Waals surface area contributed by atoms with Crippen LogP contribution in [0.5, 0.6) is 0 Å². The van der Waals surface area contributed by atoms with Crippen LogP contribution < -0.4 is 0 Å². The van der Waals surface area contributed by atoms with Crippen LogP contribution in [0.25, 0.3) is 11.0 Å². The predicted molar refractivity (Wildman–Crippen MR) is 90.3 cm³/mol. The minimum absolute atomic E-state index is 0.0450. The number of rotatable bonds is 7. The lowest BCUT2D eigenvalue weighted by Crippen LogP contribution is -2.03. The second-order valence-electron chi connectivity index (χ2n) is 4.69. The highest BCUT2D eigenvalue weighted by Crippen LogP contribution is 2.27. The van der Waals surface area contributed by atoms with Crippen LogP contribution >= 0.6 is 34.4 Å². The Morgan fingerprint density at radius 3 is 2.90 bits per heavy atom. The van der Waals surface area contributed by atoms with Crippen molar-refractivity contribution >= 4 is 51.4 Å². The molecule has 114 valence electrons. The first-order valence-corrected chi connectivity index (χ1v) is 8.79. The van der Waals surface area contributed by atoms with Crippen molar-refractivity contribution in [3.05, 3.63) is 21.5 Å². The van der Waals surface area contributed by atoms with Gasteiger partial charge in [-0.1, -0.05) is 31.5 Å². The van der Waals surface area contributed by atoms with Crippen LogP contribution in [-0.2, 0) is 11.3 Å². The minimum atomic E-state index is -0.882. The number of carbonyl (C=O) groups is 1. The maximum atomic E-state index is 13.8. The molecule has 0 bridgehead atoms. The number of hydrogen-bond acceptors (Lipinski definition) is 3. The van der Waals surface area contributed by atoms with Gasteiger partial charge in [-0.15, -0.1) is 0 Å². The maximum Gasteiger partial charge on any atom is 0.313 e. The number of halogens is 2. The van der Waals surface area contributed by atoms with E-state index < -0.39 is 5.97 Å². The zero-order valence-corrected chi connectivity index (χ0v) is 14.6. The quantitative estimate of drug-likeness (QED) is 0.414. The van der Waals surface area contributed by atoms with Crippen molar-refractivity contribution in [2.24, 2.45) is 0 Å². The topological polar surface area (TPSA) is 55.1 Å². The Labute approximate surface area is 140 Å². The lowest BCUT2D eigenvalue weighted by atomic mass is 10.2. The van der Waals surface area contributed by atoms with Crippen LogP contribution in [0.15, 0.2) is 17.3 Å². The summed E-state index contributed by atoms with van der Waals surface area (Å²) in [7, 11) is 0. The number of carboxylic acids is 1. The number of unbranched alkanes of at least 4 members (excludes halogenated alkanes) is 2. The molecule has 0 saturated heterocycles. The van der Waals surface area contributed by atoms with E-state index in [0.29, 0.717) is 14.2 Å². The molecule has 0 saturated carbocycles. The molecular formula is C14H16FIN2O2S. The number of aromatic nitrogens is 2. The fourth-order valence-electron chi connectivity index (χ4n) is 2.07. The second-order valence-corrected chi connectivity index (χ2v) is 6.80. The molecule has 0 fully saturated rings. The SMILES string of the molecule is CCCCCn1c(SCC(=O)O)nc2cc(I)c(F)cc21. The number of hydrogen-bond donors (Lipinski definition) is 1. The molecule has 1 aromatic carbocycles. The van der Waals surface area contributed by atoms with E-state index in [2.05, 4.69) is 11.9 Å². The van der Waals surface area contributed by atoms with E-state index in [0.717, 1.165) is 31.3 Å². The van der Waals surface area contributed by atoms with Gasteiger partial charge >= 0.3 is 5.97 Å². The zero-order chi connectivity index (χ0) is 15.4. The molecule has 0 atom stereocenters. The van der Waals surface area contributed by atoms with Gasteiger partial charge in [0.2, 0.25) is 0 Å². The number of imidazole rings is 1. The van der Waals surface area contributed by atoms with Crippen LogP contribution in [0, 0.1) is 9.39 Å². The normalized spacial score (nSPS) is 11.2. The molecule has 21 heavy (non-hydrogen) atoms. The van der Waals surface area contributed by atoms with Gasteiger partial charge in [-0.25, -0.2) is 9.37 Å². The van der Waals surface area contributed by atoms with Crippen LogP contribution in [0.3, 0.4) is 0 Å². The van der Waals surface area contributed by atoms with Gasteiger partial charge in [0.15, 0.2) is 5.16 Å². The molecule has 7 heteroatoms. The molecule has 0 radical (unpaired) electrons. The number of aliphatic carboxylic acids is 1. The van der Waals surface area contributed by atoms with E-state index in [1.54, 1.807) is 6.07 Å². The first kappa shape index (κ1) is 16.5. The van der Waals surface area contributed by atoms with Gasteiger partial charge < -0.3 is 9.67 Å². The van der Waals surface area contributed by atoms with Crippen molar-refractivity contribution in [3.63, 3.8) is 0 Å². The molecule has 2 aromatic rings. The van der Waals surface area contributed by atoms with E-state index in [1.165, 1.54) is 17.8 Å². The number of nitrogens with zero attached hydrogens (tertiary/aromatic N) is 2. The predicted octanol–water partition coefficient (Wildman–Crippen LogP) is 4.15. The third-order valence-electron chi connectivity index (χ3n) is 3.07. The summed E-state index contributed by atoms with van der Waals surface area (Å²) in [6.45, 7) is 2.85. The van der Waals surface area contributed by atoms with Crippen molar-refractivity contribution < 1.29 is 14.3 Å². The number of fused-ring (bicyclic) bond motifs is 1. The molecule has 0 unspecified atom stereocenters. The lowest BCUT2D eigenvalue weighted by molar-refractivity contribution is -0.133. The Morgan fingerprint density at radius 2 is 2.24 bits per heavy atom. The molecular weight excluding hydrogens is 406 g/mol. The van der Waals surface area contributed by atoms with Crippen LogP contribution in [0.2, 0.25) is 0 Å². The molecule has 2 rings (SSSR count).